The van der Waals surface area contributed by atoms with Gasteiger partial charge in [0.2, 0.25) is 0 Å². The third-order valence-electron chi connectivity index (χ3n) is 10.6. The van der Waals surface area contributed by atoms with Crippen molar-refractivity contribution in [2.24, 2.45) is 25.4 Å². The summed E-state index contributed by atoms with van der Waals surface area (Å²) in [6, 6.07) is 34.9. The van der Waals surface area contributed by atoms with E-state index in [0.717, 1.165) is 0 Å². The predicted octanol–water partition coefficient (Wildman–Crippen LogP) is 11.0. The Morgan fingerprint density at radius 3 is 1.59 bits per heavy atom. The smallest absolute Gasteiger partial charge is 0.871 e. The third kappa shape index (κ3) is 12.9. The van der Waals surface area contributed by atoms with Gasteiger partial charge in [0.05, 0.1) is 31.2 Å². The number of rotatable bonds is 12. The number of halogens is 2. The van der Waals surface area contributed by atoms with Crippen molar-refractivity contribution in [2.75, 3.05) is 19.5 Å². The van der Waals surface area contributed by atoms with Crippen molar-refractivity contribution < 1.29 is 55.5 Å². The van der Waals surface area contributed by atoms with Crippen molar-refractivity contribution in [1.82, 2.24) is 0 Å². The second kappa shape index (κ2) is 23.6. The van der Waals surface area contributed by atoms with Gasteiger partial charge in [0.25, 0.3) is 26.1 Å². The van der Waals surface area contributed by atoms with Crippen molar-refractivity contribution in [3.8, 4) is 23.0 Å². The van der Waals surface area contributed by atoms with Crippen molar-refractivity contribution in [3.63, 3.8) is 0 Å². The predicted molar refractivity (Wildman–Crippen MR) is 275 cm³/mol. The van der Waals surface area contributed by atoms with Gasteiger partial charge in [-0.05, 0) is 108 Å². The molecular weight excluding hydrogens is 1150 g/mol. The van der Waals surface area contributed by atoms with Gasteiger partial charge in [-0.2, -0.15) is 21.9 Å². The Labute approximate surface area is 468 Å². The number of para-hydroxylation sites is 4. The fourth-order valence-corrected chi connectivity index (χ4v) is 9.63. The molecular formula is C50H38BaCl2N6O12S2. The van der Waals surface area contributed by atoms with Gasteiger partial charge in [0.1, 0.15) is 44.0 Å². The van der Waals surface area contributed by atoms with E-state index in [9.17, 15) is 46.1 Å². The minimum atomic E-state index is -4.67. The Morgan fingerprint density at radius 2 is 1.05 bits per heavy atom. The molecule has 0 spiro atoms. The summed E-state index contributed by atoms with van der Waals surface area (Å²) in [6.45, 7) is 2.88. The second-order valence-electron chi connectivity index (χ2n) is 15.4. The molecule has 8 rings (SSSR count). The van der Waals surface area contributed by atoms with Gasteiger partial charge in [0, 0.05) is 20.8 Å². The largest absolute Gasteiger partial charge is 2.00 e. The zero-order valence-corrected chi connectivity index (χ0v) is 46.3. The van der Waals surface area contributed by atoms with E-state index in [4.69, 9.17) is 32.7 Å². The Morgan fingerprint density at radius 1 is 0.603 bits per heavy atom. The molecule has 1 amide bonds. The second-order valence-corrected chi connectivity index (χ2v) is 19.0. The number of amides is 1. The number of hydrogen-bond donors (Lipinski definition) is 4. The molecule has 8 aromatic carbocycles. The maximum atomic E-state index is 13.3. The van der Waals surface area contributed by atoms with E-state index in [1.165, 1.54) is 64.5 Å². The van der Waals surface area contributed by atoms with Crippen LogP contribution in [0, 0.1) is 13.8 Å². The van der Waals surface area contributed by atoms with Gasteiger partial charge >= 0.3 is 48.9 Å². The van der Waals surface area contributed by atoms with Crippen LogP contribution in [0.15, 0.2) is 169 Å². The van der Waals surface area contributed by atoms with Crippen LogP contribution in [-0.4, -0.2) is 106 Å². The SMILES string of the molecule is COc1ccccc1N=C([O-])c1cc2ccccc2c(N=Nc2cc(Cl)cc(C)c2S(=O)(=O)O)c1[O-].COc1ccccc1NC(=O)c1cc2ccccc2c(N=Nc2cc(Cl)cc(C)c2S(=O)(=O)O)c1O.[Ba+2]. The fraction of sp³-hybridized carbons (Fsp3) is 0.0800. The molecule has 73 heavy (non-hydrogen) atoms. The average Bonchev–Trinajstić information content (AvgIpc) is 3.32. The van der Waals surface area contributed by atoms with Crippen molar-refractivity contribution in [1.29, 1.82) is 0 Å². The number of nitrogens with zero attached hydrogens (tertiary/aromatic N) is 5. The van der Waals surface area contributed by atoms with E-state index < -0.39 is 53.3 Å². The number of anilines is 1. The third-order valence-corrected chi connectivity index (χ3v) is 13.1. The van der Waals surface area contributed by atoms with Crippen molar-refractivity contribution in [3.05, 3.63) is 166 Å². The summed E-state index contributed by atoms with van der Waals surface area (Å²) in [5.74, 6) is -1.89. The van der Waals surface area contributed by atoms with E-state index in [0.29, 0.717) is 38.7 Å². The molecule has 0 saturated carbocycles. The quantitative estimate of drug-likeness (QED) is 0.0292. The summed E-state index contributed by atoms with van der Waals surface area (Å²) < 4.78 is 77.6. The number of benzene rings is 8. The van der Waals surface area contributed by atoms with Gasteiger partial charge in [-0.1, -0.05) is 102 Å². The first kappa shape index (κ1) is 55.9. The first-order valence-electron chi connectivity index (χ1n) is 20.9. The number of hydrogen-bond acceptors (Lipinski definition) is 15. The number of fused-ring (bicyclic) bond motifs is 2. The summed E-state index contributed by atoms with van der Waals surface area (Å²) >= 11 is 12.1. The van der Waals surface area contributed by atoms with Gasteiger partial charge in [0.15, 0.2) is 5.75 Å². The van der Waals surface area contributed by atoms with Crippen LogP contribution in [-0.2, 0) is 20.2 Å². The molecule has 0 aromatic heterocycles. The number of aryl methyl sites for hydroxylation is 2. The number of nitrogens with one attached hydrogen (secondary N) is 1. The molecule has 0 aliphatic heterocycles. The van der Waals surface area contributed by atoms with Crippen LogP contribution in [0.3, 0.4) is 0 Å². The molecule has 0 atom stereocenters. The molecule has 18 nitrogen and oxygen atoms in total. The monoisotopic (exact) mass is 1190 g/mol. The van der Waals surface area contributed by atoms with E-state index in [2.05, 4.69) is 30.8 Å². The van der Waals surface area contributed by atoms with Gasteiger partial charge in [-0.25, -0.2) is 0 Å². The van der Waals surface area contributed by atoms with E-state index in [1.54, 1.807) is 97.1 Å². The van der Waals surface area contributed by atoms with E-state index in [-0.39, 0.29) is 110 Å². The summed E-state index contributed by atoms with van der Waals surface area (Å²) in [4.78, 5) is 16.2. The molecule has 0 radical (unpaired) electrons. The fourth-order valence-electron chi connectivity index (χ4n) is 7.44. The zero-order chi connectivity index (χ0) is 52.1. The molecule has 0 aliphatic rings. The number of phenolic OH excluding ortho intramolecular Hbond substituents is 1. The molecule has 23 heteroatoms. The molecule has 0 fully saturated rings. The van der Waals surface area contributed by atoms with E-state index in [1.807, 2.05) is 0 Å². The first-order valence-corrected chi connectivity index (χ1v) is 24.5. The Kier molecular flexibility index (Phi) is 18.1. The van der Waals surface area contributed by atoms with Crippen LogP contribution in [0.25, 0.3) is 21.5 Å². The van der Waals surface area contributed by atoms with Crippen LogP contribution >= 0.6 is 23.2 Å². The van der Waals surface area contributed by atoms with Crippen LogP contribution in [0.1, 0.15) is 27.0 Å². The Balaban J connectivity index is 0.000000235. The minimum Gasteiger partial charge on any atom is -0.871 e. The van der Waals surface area contributed by atoms with Crippen LogP contribution in [0.2, 0.25) is 10.0 Å². The van der Waals surface area contributed by atoms with Crippen LogP contribution < -0.4 is 25.0 Å². The van der Waals surface area contributed by atoms with Crippen molar-refractivity contribution in [2.45, 2.75) is 23.6 Å². The number of carbonyl (C=O) groups excluding carboxylic acids is 1. The number of phenols is 1. The maximum absolute atomic E-state index is 13.3. The maximum Gasteiger partial charge on any atom is 2.00 e. The topological polar surface area (TPSA) is 284 Å². The summed E-state index contributed by atoms with van der Waals surface area (Å²) in [5.41, 5.74) is -0.166. The van der Waals surface area contributed by atoms with Crippen LogP contribution in [0.4, 0.5) is 34.1 Å². The molecule has 0 saturated heterocycles. The number of aliphatic imine (C=N–C) groups is 1. The number of aromatic hydroxyl groups is 1. The molecule has 0 bridgehead atoms. The number of azo groups is 2. The van der Waals surface area contributed by atoms with E-state index >= 15 is 0 Å². The van der Waals surface area contributed by atoms with Crippen molar-refractivity contribution >= 4 is 160 Å². The Bertz CT molecular complexity index is 3790. The van der Waals surface area contributed by atoms with Gasteiger partial charge in [-0.15, -0.1) is 15.3 Å². The Hall–Kier alpha value is -6.41. The molecule has 4 N–H and O–H groups in total. The minimum absolute atomic E-state index is 0. The molecule has 0 heterocycles. The zero-order valence-electron chi connectivity index (χ0n) is 38.7. The summed E-state index contributed by atoms with van der Waals surface area (Å²) in [7, 11) is -6.42. The summed E-state index contributed by atoms with van der Waals surface area (Å²) in [6.07, 6.45) is 0. The molecule has 0 aliphatic carbocycles. The summed E-state index contributed by atoms with van der Waals surface area (Å²) in [5, 5.41) is 58.4. The molecule has 368 valence electrons. The standard InChI is InChI=1S/2C25H20ClN3O6S.Ba/c2*1-14-11-16(26)13-20(24(14)36(32,33)34)28-29-22-17-8-4-3-7-15(17)12-18(23(22)30)25(31)27-19-9-5-6-10-21(19)35-2;/h2*3-13,30H,1-2H3,(H,27,31)(H,32,33,34);/q;;+2/p-2. The normalized spacial score (nSPS) is 11.9. The number of methoxy groups -OCH3 is 2. The molecule has 0 unspecified atom stereocenters. The first-order chi connectivity index (χ1) is 34.2. The number of carbonyl (C=O) groups is 1. The van der Waals surface area contributed by atoms with Gasteiger partial charge in [-0.3, -0.25) is 18.9 Å². The molecule has 8 aromatic rings. The van der Waals surface area contributed by atoms with Crippen LogP contribution in [0.5, 0.6) is 23.0 Å². The van der Waals surface area contributed by atoms with Gasteiger partial charge < -0.3 is 30.1 Å². The number of ether oxygens (including phenoxy) is 2. The average molecular weight is 1190 g/mol.